The van der Waals surface area contributed by atoms with E-state index in [2.05, 4.69) is 5.32 Å². The Labute approximate surface area is 157 Å². The van der Waals surface area contributed by atoms with Crippen molar-refractivity contribution in [2.24, 2.45) is 7.05 Å². The number of benzene rings is 1. The van der Waals surface area contributed by atoms with Crippen molar-refractivity contribution in [3.63, 3.8) is 0 Å². The fraction of sp³-hybridized carbons (Fsp3) is 0.294. The molecule has 10 heteroatoms. The highest BCUT2D eigenvalue weighted by Gasteiger charge is 2.23. The number of nitrogens with zero attached hydrogens (tertiary/aromatic N) is 2. The minimum atomic E-state index is -3.77. The number of carbonyl (C=O) groups excluding carboxylic acids is 2. The molecule has 0 fully saturated rings. The molecule has 2 rings (SSSR count). The summed E-state index contributed by atoms with van der Waals surface area (Å²) in [5.74, 6) is -1.09. The number of amides is 1. The van der Waals surface area contributed by atoms with Crippen molar-refractivity contribution in [1.29, 1.82) is 0 Å². The first-order chi connectivity index (χ1) is 12.7. The van der Waals surface area contributed by atoms with Gasteiger partial charge in [-0.25, -0.2) is 17.5 Å². The third-order valence-corrected chi connectivity index (χ3v) is 5.53. The number of aromatic nitrogens is 1. The normalized spacial score (nSPS) is 11.3. The van der Waals surface area contributed by atoms with Crippen LogP contribution in [0.25, 0.3) is 0 Å². The van der Waals surface area contributed by atoms with Gasteiger partial charge >= 0.3 is 5.97 Å². The van der Waals surface area contributed by atoms with E-state index >= 15 is 0 Å². The molecule has 0 spiro atoms. The highest BCUT2D eigenvalue weighted by molar-refractivity contribution is 7.89. The largest absolute Gasteiger partial charge is 0.495 e. The third-order valence-electron chi connectivity index (χ3n) is 3.69. The van der Waals surface area contributed by atoms with Crippen LogP contribution in [0.3, 0.4) is 0 Å². The number of rotatable bonds is 7. The predicted molar refractivity (Wildman–Crippen MR) is 98.2 cm³/mol. The number of carbonyl (C=O) groups is 2. The van der Waals surface area contributed by atoms with Crippen molar-refractivity contribution < 1.29 is 27.5 Å². The zero-order valence-corrected chi connectivity index (χ0v) is 16.2. The highest BCUT2D eigenvalue weighted by Crippen LogP contribution is 2.28. The van der Waals surface area contributed by atoms with Crippen LogP contribution in [0, 0.1) is 0 Å². The van der Waals surface area contributed by atoms with Gasteiger partial charge in [0.15, 0.2) is 6.61 Å². The van der Waals surface area contributed by atoms with Crippen LogP contribution in [0.2, 0.25) is 0 Å². The van der Waals surface area contributed by atoms with E-state index in [0.29, 0.717) is 5.69 Å². The van der Waals surface area contributed by atoms with Gasteiger partial charge < -0.3 is 19.4 Å². The SMILES string of the molecule is COc1ccc(NC(=O)COC(=O)c2cccn2C)cc1S(=O)(=O)N(C)C. The molecule has 0 bridgehead atoms. The highest BCUT2D eigenvalue weighted by atomic mass is 32.2. The predicted octanol–water partition coefficient (Wildman–Crippen LogP) is 1.08. The van der Waals surface area contributed by atoms with Crippen molar-refractivity contribution in [2.75, 3.05) is 33.1 Å². The van der Waals surface area contributed by atoms with Gasteiger partial charge in [-0.05, 0) is 30.3 Å². The molecule has 2 aromatic rings. The smallest absolute Gasteiger partial charge is 0.355 e. The van der Waals surface area contributed by atoms with Gasteiger partial charge in [-0.1, -0.05) is 0 Å². The molecule has 0 radical (unpaired) electrons. The van der Waals surface area contributed by atoms with Gasteiger partial charge in [0, 0.05) is 33.0 Å². The average Bonchev–Trinajstić information content (AvgIpc) is 3.05. The molecule has 1 aromatic heterocycles. The molecule has 0 aliphatic heterocycles. The lowest BCUT2D eigenvalue weighted by Crippen LogP contribution is -2.24. The summed E-state index contributed by atoms with van der Waals surface area (Å²) in [5, 5.41) is 2.50. The van der Waals surface area contributed by atoms with Crippen molar-refractivity contribution in [3.05, 3.63) is 42.2 Å². The lowest BCUT2D eigenvalue weighted by Gasteiger charge is -2.16. The standard InChI is InChI=1S/C17H21N3O6S/c1-19(2)27(23,24)15-10-12(7-8-14(15)25-4)18-16(21)11-26-17(22)13-6-5-9-20(13)3/h5-10H,11H2,1-4H3,(H,18,21). The molecule has 1 amide bonds. The summed E-state index contributed by atoms with van der Waals surface area (Å²) in [6.07, 6.45) is 1.68. The van der Waals surface area contributed by atoms with Crippen LogP contribution in [0.4, 0.5) is 5.69 Å². The first-order valence-corrected chi connectivity index (χ1v) is 9.29. The van der Waals surface area contributed by atoms with Gasteiger partial charge in [0.1, 0.15) is 16.3 Å². The average molecular weight is 395 g/mol. The molecule has 0 aliphatic carbocycles. The Morgan fingerprint density at radius 2 is 1.93 bits per heavy atom. The number of sulfonamides is 1. The molecule has 0 saturated carbocycles. The van der Waals surface area contributed by atoms with Crippen molar-refractivity contribution in [3.8, 4) is 5.75 Å². The van der Waals surface area contributed by atoms with Crippen LogP contribution in [0.15, 0.2) is 41.4 Å². The quantitative estimate of drug-likeness (QED) is 0.703. The van der Waals surface area contributed by atoms with E-state index in [4.69, 9.17) is 9.47 Å². The molecule has 146 valence electrons. The zero-order valence-electron chi connectivity index (χ0n) is 15.4. The molecule has 1 heterocycles. The summed E-state index contributed by atoms with van der Waals surface area (Å²) in [4.78, 5) is 23.8. The van der Waals surface area contributed by atoms with Crippen LogP contribution >= 0.6 is 0 Å². The van der Waals surface area contributed by atoms with E-state index in [9.17, 15) is 18.0 Å². The Kier molecular flexibility index (Phi) is 6.24. The fourth-order valence-electron chi connectivity index (χ4n) is 2.23. The van der Waals surface area contributed by atoms with Gasteiger partial charge in [-0.15, -0.1) is 0 Å². The van der Waals surface area contributed by atoms with Crippen LogP contribution in [0.1, 0.15) is 10.5 Å². The molecule has 27 heavy (non-hydrogen) atoms. The molecular weight excluding hydrogens is 374 g/mol. The van der Waals surface area contributed by atoms with Crippen LogP contribution in [-0.2, 0) is 26.6 Å². The van der Waals surface area contributed by atoms with Crippen molar-refractivity contribution in [1.82, 2.24) is 8.87 Å². The first kappa shape index (κ1) is 20.5. The number of hydrogen-bond donors (Lipinski definition) is 1. The maximum atomic E-state index is 12.4. The Hall–Kier alpha value is -2.85. The Bertz CT molecular complexity index is 949. The molecule has 1 aromatic carbocycles. The Morgan fingerprint density at radius 1 is 1.22 bits per heavy atom. The summed E-state index contributed by atoms with van der Waals surface area (Å²) in [7, 11) is 2.05. The molecular formula is C17H21N3O6S. The monoisotopic (exact) mass is 395 g/mol. The number of methoxy groups -OCH3 is 1. The van der Waals surface area contributed by atoms with E-state index in [1.54, 1.807) is 29.9 Å². The number of nitrogens with one attached hydrogen (secondary N) is 1. The number of esters is 1. The third kappa shape index (κ3) is 4.66. The van der Waals surface area contributed by atoms with Crippen LogP contribution in [-0.4, -0.2) is 57.0 Å². The molecule has 0 atom stereocenters. The Morgan fingerprint density at radius 3 is 2.48 bits per heavy atom. The van der Waals surface area contributed by atoms with E-state index in [1.165, 1.54) is 39.4 Å². The number of anilines is 1. The second-order valence-electron chi connectivity index (χ2n) is 5.78. The minimum Gasteiger partial charge on any atom is -0.495 e. The number of aryl methyl sites for hydroxylation is 1. The molecule has 0 aliphatic rings. The van der Waals surface area contributed by atoms with Gasteiger partial charge in [-0.3, -0.25) is 4.79 Å². The fourth-order valence-corrected chi connectivity index (χ4v) is 3.30. The minimum absolute atomic E-state index is 0.0893. The maximum Gasteiger partial charge on any atom is 0.355 e. The first-order valence-electron chi connectivity index (χ1n) is 7.85. The molecule has 9 nitrogen and oxygen atoms in total. The van der Waals surface area contributed by atoms with Gasteiger partial charge in [0.05, 0.1) is 7.11 Å². The molecule has 0 unspecified atom stereocenters. The summed E-state index contributed by atoms with van der Waals surface area (Å²) in [6, 6.07) is 7.46. The second kappa shape index (κ2) is 8.23. The maximum absolute atomic E-state index is 12.4. The Balaban J connectivity index is 2.10. The lowest BCUT2D eigenvalue weighted by molar-refractivity contribution is -0.119. The summed E-state index contributed by atoms with van der Waals surface area (Å²) in [6.45, 7) is -0.508. The second-order valence-corrected chi connectivity index (χ2v) is 7.90. The summed E-state index contributed by atoms with van der Waals surface area (Å²) < 4.78 is 37.4. The zero-order chi connectivity index (χ0) is 20.2. The topological polar surface area (TPSA) is 107 Å². The lowest BCUT2D eigenvalue weighted by atomic mass is 10.3. The molecule has 1 N–H and O–H groups in total. The molecule has 0 saturated heterocycles. The summed E-state index contributed by atoms with van der Waals surface area (Å²) >= 11 is 0. The van der Waals surface area contributed by atoms with E-state index < -0.39 is 28.5 Å². The summed E-state index contributed by atoms with van der Waals surface area (Å²) in [5.41, 5.74) is 0.544. The van der Waals surface area contributed by atoms with Crippen LogP contribution in [0.5, 0.6) is 5.75 Å². The van der Waals surface area contributed by atoms with Crippen molar-refractivity contribution in [2.45, 2.75) is 4.90 Å². The van der Waals surface area contributed by atoms with E-state index in [-0.39, 0.29) is 16.3 Å². The van der Waals surface area contributed by atoms with E-state index in [0.717, 1.165) is 4.31 Å². The number of ether oxygens (including phenoxy) is 2. The van der Waals surface area contributed by atoms with Gasteiger partial charge in [0.2, 0.25) is 10.0 Å². The van der Waals surface area contributed by atoms with Crippen molar-refractivity contribution >= 4 is 27.6 Å². The number of hydrogen-bond acceptors (Lipinski definition) is 6. The van der Waals surface area contributed by atoms with E-state index in [1.807, 2.05) is 0 Å². The van der Waals surface area contributed by atoms with Crippen LogP contribution < -0.4 is 10.1 Å². The van der Waals surface area contributed by atoms with Gasteiger partial charge in [-0.2, -0.15) is 0 Å². The van der Waals surface area contributed by atoms with Gasteiger partial charge in [0.25, 0.3) is 5.91 Å².